The zero-order valence-corrected chi connectivity index (χ0v) is 10.3. The fourth-order valence-corrected chi connectivity index (χ4v) is 2.20. The van der Waals surface area contributed by atoms with Crippen LogP contribution in [0.1, 0.15) is 12.5 Å². The molecule has 5 heteroatoms. The van der Waals surface area contributed by atoms with Gasteiger partial charge in [0.05, 0.1) is 0 Å². The molecule has 0 saturated heterocycles. The molecule has 0 spiro atoms. The lowest BCUT2D eigenvalue weighted by Gasteiger charge is -2.12. The molecule has 0 aliphatic heterocycles. The van der Waals surface area contributed by atoms with Crippen LogP contribution in [0.25, 0.3) is 0 Å². The molecule has 1 aromatic rings. The average Bonchev–Trinajstić information content (AvgIpc) is 2.19. The molecule has 0 radical (unpaired) electrons. The quantitative estimate of drug-likeness (QED) is 0.674. The summed E-state index contributed by atoms with van der Waals surface area (Å²) in [5.74, 6) is 0.363. The van der Waals surface area contributed by atoms with Gasteiger partial charge in [0.2, 0.25) is 0 Å². The van der Waals surface area contributed by atoms with Crippen molar-refractivity contribution in [2.24, 2.45) is 0 Å². The summed E-state index contributed by atoms with van der Waals surface area (Å²) in [5, 5.41) is 21.6. The summed E-state index contributed by atoms with van der Waals surface area (Å²) in [5.41, 5.74) is 0.879. The second-order valence-electron chi connectivity index (χ2n) is 3.84. The van der Waals surface area contributed by atoms with Crippen molar-refractivity contribution in [1.82, 2.24) is 5.32 Å². The maximum Gasteiger partial charge on any atom is 0.157 e. The van der Waals surface area contributed by atoms with Gasteiger partial charge in [0, 0.05) is 35.4 Å². The third-order valence-corrected chi connectivity index (χ3v) is 3.15. The van der Waals surface area contributed by atoms with Crippen LogP contribution in [0.4, 0.5) is 0 Å². The van der Waals surface area contributed by atoms with E-state index in [1.807, 2.05) is 6.92 Å². The molecule has 3 N–H and O–H groups in total. The fourth-order valence-electron chi connectivity index (χ4n) is 1.38. The van der Waals surface area contributed by atoms with Crippen molar-refractivity contribution in [2.75, 3.05) is 12.0 Å². The van der Waals surface area contributed by atoms with Gasteiger partial charge in [0.1, 0.15) is 0 Å². The highest BCUT2D eigenvalue weighted by Crippen LogP contribution is 2.24. The molecule has 4 nitrogen and oxygen atoms in total. The van der Waals surface area contributed by atoms with Crippen LogP contribution in [-0.4, -0.2) is 32.5 Å². The van der Waals surface area contributed by atoms with Crippen molar-refractivity contribution >= 4 is 10.8 Å². The predicted octanol–water partition coefficient (Wildman–Crippen LogP) is 0.954. The van der Waals surface area contributed by atoms with E-state index in [9.17, 15) is 9.32 Å². The van der Waals surface area contributed by atoms with Crippen LogP contribution in [0.2, 0.25) is 0 Å². The van der Waals surface area contributed by atoms with Crippen LogP contribution in [-0.2, 0) is 17.3 Å². The minimum absolute atomic E-state index is 0.119. The van der Waals surface area contributed by atoms with Crippen molar-refractivity contribution in [3.8, 4) is 11.5 Å². The number of phenolic OH excluding ortho intramolecular Hbond substituents is 2. The summed E-state index contributed by atoms with van der Waals surface area (Å²) >= 11 is 0. The van der Waals surface area contributed by atoms with Crippen LogP contribution >= 0.6 is 0 Å². The summed E-state index contributed by atoms with van der Waals surface area (Å²) in [6.45, 7) is 2.54. The molecule has 2 unspecified atom stereocenters. The summed E-state index contributed by atoms with van der Waals surface area (Å²) in [7, 11) is -0.813. The molecule has 0 saturated carbocycles. The lowest BCUT2D eigenvalue weighted by molar-refractivity contribution is 0.402. The van der Waals surface area contributed by atoms with Crippen molar-refractivity contribution in [1.29, 1.82) is 0 Å². The van der Waals surface area contributed by atoms with E-state index in [2.05, 4.69) is 5.32 Å². The Labute approximate surface area is 97.8 Å². The lowest BCUT2D eigenvalue weighted by atomic mass is 10.2. The highest BCUT2D eigenvalue weighted by Gasteiger charge is 2.05. The molecular formula is C11H17NO3S. The topological polar surface area (TPSA) is 69.6 Å². The van der Waals surface area contributed by atoms with Crippen LogP contribution in [0.3, 0.4) is 0 Å². The smallest absolute Gasteiger partial charge is 0.157 e. The Bertz CT molecular complexity index is 381. The minimum Gasteiger partial charge on any atom is -0.504 e. The van der Waals surface area contributed by atoms with Gasteiger partial charge in [-0.1, -0.05) is 6.07 Å². The first-order valence-corrected chi connectivity index (χ1v) is 6.76. The fraction of sp³-hybridized carbons (Fsp3) is 0.455. The molecule has 90 valence electrons. The van der Waals surface area contributed by atoms with Gasteiger partial charge in [-0.15, -0.1) is 0 Å². The van der Waals surface area contributed by atoms with Crippen LogP contribution in [0.15, 0.2) is 18.2 Å². The first-order valence-electron chi connectivity index (χ1n) is 5.03. The van der Waals surface area contributed by atoms with Crippen LogP contribution in [0.5, 0.6) is 11.5 Å². The Balaban J connectivity index is 2.48. The Morgan fingerprint density at radius 2 is 2.06 bits per heavy atom. The normalized spacial score (nSPS) is 14.6. The van der Waals surface area contributed by atoms with Gasteiger partial charge in [-0.25, -0.2) is 0 Å². The Kier molecular flexibility index (Phi) is 4.76. The first kappa shape index (κ1) is 13.0. The standard InChI is InChI=1S/C11H17NO3S/c1-8(7-16(2)15)12-6-9-3-4-10(13)11(14)5-9/h3-5,8,12-14H,6-7H2,1-2H3. The van der Waals surface area contributed by atoms with Gasteiger partial charge in [0.25, 0.3) is 0 Å². The number of rotatable bonds is 5. The van der Waals surface area contributed by atoms with Crippen molar-refractivity contribution in [3.63, 3.8) is 0 Å². The van der Waals surface area contributed by atoms with E-state index < -0.39 is 10.8 Å². The van der Waals surface area contributed by atoms with Gasteiger partial charge < -0.3 is 15.5 Å². The van der Waals surface area contributed by atoms with Crippen molar-refractivity contribution < 1.29 is 14.4 Å². The molecule has 0 fully saturated rings. The Morgan fingerprint density at radius 1 is 1.38 bits per heavy atom. The number of hydrogen-bond donors (Lipinski definition) is 3. The van der Waals surface area contributed by atoms with E-state index in [0.29, 0.717) is 12.3 Å². The van der Waals surface area contributed by atoms with E-state index in [1.54, 1.807) is 12.3 Å². The molecule has 0 amide bonds. The van der Waals surface area contributed by atoms with Crippen LogP contribution in [0, 0.1) is 0 Å². The van der Waals surface area contributed by atoms with E-state index in [4.69, 9.17) is 5.11 Å². The lowest BCUT2D eigenvalue weighted by Crippen LogP contribution is -2.30. The molecule has 0 heterocycles. The third-order valence-electron chi connectivity index (χ3n) is 2.18. The minimum atomic E-state index is -0.813. The summed E-state index contributed by atoms with van der Waals surface area (Å²) in [6, 6.07) is 4.85. The molecule has 16 heavy (non-hydrogen) atoms. The highest BCUT2D eigenvalue weighted by atomic mass is 32.2. The molecule has 0 bridgehead atoms. The van der Waals surface area contributed by atoms with Gasteiger partial charge >= 0.3 is 0 Å². The zero-order valence-electron chi connectivity index (χ0n) is 9.43. The van der Waals surface area contributed by atoms with Crippen molar-refractivity contribution in [3.05, 3.63) is 23.8 Å². The summed E-state index contributed by atoms with van der Waals surface area (Å²) in [6.07, 6.45) is 1.67. The van der Waals surface area contributed by atoms with E-state index in [-0.39, 0.29) is 17.5 Å². The average molecular weight is 243 g/mol. The number of nitrogens with one attached hydrogen (secondary N) is 1. The van der Waals surface area contributed by atoms with E-state index in [0.717, 1.165) is 5.56 Å². The summed E-state index contributed by atoms with van der Waals surface area (Å²) in [4.78, 5) is 0. The molecule has 0 aliphatic carbocycles. The Hall–Kier alpha value is -1.07. The molecule has 0 aliphatic rings. The van der Waals surface area contributed by atoms with Gasteiger partial charge in [-0.3, -0.25) is 4.21 Å². The second-order valence-corrected chi connectivity index (χ2v) is 5.32. The predicted molar refractivity (Wildman–Crippen MR) is 65.0 cm³/mol. The second kappa shape index (κ2) is 5.86. The number of aromatic hydroxyl groups is 2. The zero-order chi connectivity index (χ0) is 12.1. The molecular weight excluding hydrogens is 226 g/mol. The highest BCUT2D eigenvalue weighted by molar-refractivity contribution is 7.84. The molecule has 0 aromatic heterocycles. The van der Waals surface area contributed by atoms with E-state index >= 15 is 0 Å². The van der Waals surface area contributed by atoms with Gasteiger partial charge in [-0.05, 0) is 24.6 Å². The van der Waals surface area contributed by atoms with Gasteiger partial charge in [0.15, 0.2) is 11.5 Å². The first-order chi connectivity index (χ1) is 7.49. The molecule has 2 atom stereocenters. The Morgan fingerprint density at radius 3 is 2.62 bits per heavy atom. The van der Waals surface area contributed by atoms with Crippen molar-refractivity contribution in [2.45, 2.75) is 19.5 Å². The van der Waals surface area contributed by atoms with E-state index in [1.165, 1.54) is 12.1 Å². The maximum atomic E-state index is 11.0. The SMILES string of the molecule is CC(CS(C)=O)NCc1ccc(O)c(O)c1. The maximum absolute atomic E-state index is 11.0. The largest absolute Gasteiger partial charge is 0.504 e. The van der Waals surface area contributed by atoms with Crippen LogP contribution < -0.4 is 5.32 Å². The molecule has 1 rings (SSSR count). The summed E-state index contributed by atoms with van der Waals surface area (Å²) < 4.78 is 11.0. The third kappa shape index (κ3) is 4.20. The van der Waals surface area contributed by atoms with Gasteiger partial charge in [-0.2, -0.15) is 0 Å². The monoisotopic (exact) mass is 243 g/mol. The number of hydrogen-bond acceptors (Lipinski definition) is 4. The number of phenols is 2. The number of benzene rings is 1. The molecule has 1 aromatic carbocycles.